The van der Waals surface area contributed by atoms with Crippen molar-refractivity contribution in [3.63, 3.8) is 0 Å². The maximum Gasteiger partial charge on any atom is 0.315 e. The van der Waals surface area contributed by atoms with Crippen LogP contribution < -0.4 is 0 Å². The molecule has 73 valence electrons. The molecule has 0 saturated carbocycles. The third-order valence-electron chi connectivity index (χ3n) is 2.06. The van der Waals surface area contributed by atoms with Crippen molar-refractivity contribution in [2.45, 2.75) is 0 Å². The van der Waals surface area contributed by atoms with Crippen LogP contribution in [0.3, 0.4) is 0 Å². The first-order chi connectivity index (χ1) is 6.68. The summed E-state index contributed by atoms with van der Waals surface area (Å²) in [6.45, 7) is 0.269. The lowest BCUT2D eigenvalue weighted by Crippen LogP contribution is -2.24. The molecule has 0 bridgehead atoms. The summed E-state index contributed by atoms with van der Waals surface area (Å²) in [5.74, 6) is -0.465. The Morgan fingerprint density at radius 2 is 2.29 bits per heavy atom. The van der Waals surface area contributed by atoms with Crippen LogP contribution in [0.5, 0.6) is 0 Å². The van der Waals surface area contributed by atoms with Gasteiger partial charge in [-0.3, -0.25) is 4.74 Å². The number of hydrogen-bond acceptors (Lipinski definition) is 2. The van der Waals surface area contributed by atoms with Gasteiger partial charge >= 0.3 is 5.84 Å². The second-order valence-corrected chi connectivity index (χ2v) is 3.04. The number of halogens is 1. The van der Waals surface area contributed by atoms with Crippen LogP contribution in [0.2, 0.25) is 0 Å². The maximum absolute atomic E-state index is 12.8. The Labute approximate surface area is 80.0 Å². The average Bonchev–Trinajstić information content (AvgIpc) is 2.46. The first kappa shape index (κ1) is 8.96. The number of benzene rings is 1. The predicted molar refractivity (Wildman–Crippen MR) is 46.4 cm³/mol. The molecule has 1 aromatic carbocycles. The van der Waals surface area contributed by atoms with E-state index in [1.807, 2.05) is 0 Å². The minimum atomic E-state index is -0.455. The molecule has 1 radical (unpaired) electrons. The number of nitrogens with zero attached hydrogens (tertiary/aromatic N) is 2. The minimum Gasteiger partial charge on any atom is -0.715 e. The highest BCUT2D eigenvalue weighted by atomic mass is 19.1. The molecule has 14 heavy (non-hydrogen) atoms. The second kappa shape index (κ2) is 3.26. The highest BCUT2D eigenvalue weighted by molar-refractivity contribution is 5.94. The van der Waals surface area contributed by atoms with Crippen LogP contribution in [0, 0.1) is 11.0 Å². The normalized spacial score (nSPS) is 16.6. The molecule has 1 aliphatic rings. The van der Waals surface area contributed by atoms with Gasteiger partial charge in [0.15, 0.2) is 6.54 Å². The van der Waals surface area contributed by atoms with Crippen LogP contribution in [-0.4, -0.2) is 28.7 Å². The first-order valence-electron chi connectivity index (χ1n) is 4.21. The van der Waals surface area contributed by atoms with Crippen LogP contribution in [0.15, 0.2) is 24.3 Å². The van der Waals surface area contributed by atoms with Gasteiger partial charge in [-0.15, -0.1) is 0 Å². The molecule has 0 N–H and O–H groups in total. The Morgan fingerprint density at radius 3 is 2.86 bits per heavy atom. The fourth-order valence-corrected chi connectivity index (χ4v) is 1.43. The van der Waals surface area contributed by atoms with Gasteiger partial charge in [0.1, 0.15) is 12.4 Å². The Kier molecular flexibility index (Phi) is 2.09. The summed E-state index contributed by atoms with van der Waals surface area (Å²) >= 11 is 0. The second-order valence-electron chi connectivity index (χ2n) is 3.04. The molecule has 0 aromatic heterocycles. The monoisotopic (exact) mass is 195 g/mol. The molecule has 2 rings (SSSR count). The largest absolute Gasteiger partial charge is 0.715 e. The van der Waals surface area contributed by atoms with Gasteiger partial charge < -0.3 is 5.21 Å². The fourth-order valence-electron chi connectivity index (χ4n) is 1.43. The first-order valence-corrected chi connectivity index (χ1v) is 4.21. The van der Waals surface area contributed by atoms with E-state index in [1.54, 1.807) is 6.07 Å². The van der Waals surface area contributed by atoms with Gasteiger partial charge in [0.05, 0.1) is 5.56 Å². The van der Waals surface area contributed by atoms with Crippen molar-refractivity contribution in [1.29, 1.82) is 0 Å². The lowest BCUT2D eigenvalue weighted by atomic mass is 10.2. The number of rotatable bonds is 1. The molecule has 0 spiro atoms. The lowest BCUT2D eigenvalue weighted by molar-refractivity contribution is -0.445. The van der Waals surface area contributed by atoms with Crippen molar-refractivity contribution < 1.29 is 14.3 Å². The Hall–Kier alpha value is -1.62. The standard InChI is InChI=1S/C9H8FN2O2/c10-8-3-1-2-7(6-8)9-11(13)4-5-12(9)14/h1-3,6H,4-5H2. The summed E-state index contributed by atoms with van der Waals surface area (Å²) in [6, 6.07) is 5.46. The van der Waals surface area contributed by atoms with E-state index in [4.69, 9.17) is 0 Å². The van der Waals surface area contributed by atoms with Crippen molar-refractivity contribution in [2.24, 2.45) is 0 Å². The molecule has 1 heterocycles. The molecule has 0 aliphatic carbocycles. The summed E-state index contributed by atoms with van der Waals surface area (Å²) in [5, 5.41) is 23.0. The van der Waals surface area contributed by atoms with Crippen LogP contribution in [0.1, 0.15) is 5.56 Å². The van der Waals surface area contributed by atoms with E-state index < -0.39 is 5.82 Å². The molecule has 0 unspecified atom stereocenters. The molecule has 0 fully saturated rings. The van der Waals surface area contributed by atoms with Gasteiger partial charge in [0.25, 0.3) is 0 Å². The SMILES string of the molecule is [O]N1CC[N+]([O-])=C1c1cccc(F)c1. The van der Waals surface area contributed by atoms with Gasteiger partial charge in [-0.1, -0.05) is 11.1 Å². The predicted octanol–water partition coefficient (Wildman–Crippen LogP) is 0.744. The molecule has 0 atom stereocenters. The van der Waals surface area contributed by atoms with Crippen LogP contribution >= 0.6 is 0 Å². The molecular weight excluding hydrogens is 187 g/mol. The van der Waals surface area contributed by atoms with E-state index in [9.17, 15) is 14.8 Å². The number of amidine groups is 1. The van der Waals surface area contributed by atoms with E-state index in [0.717, 1.165) is 0 Å². The van der Waals surface area contributed by atoms with Crippen molar-refractivity contribution in [3.05, 3.63) is 40.9 Å². The Bertz CT molecular complexity index is 392. The third kappa shape index (κ3) is 1.42. The van der Waals surface area contributed by atoms with E-state index >= 15 is 0 Å². The number of hydrogen-bond donors (Lipinski definition) is 0. The highest BCUT2D eigenvalue weighted by Crippen LogP contribution is 2.10. The van der Waals surface area contributed by atoms with Crippen LogP contribution in [0.4, 0.5) is 4.39 Å². The van der Waals surface area contributed by atoms with Gasteiger partial charge in [0, 0.05) is 5.21 Å². The van der Waals surface area contributed by atoms with Crippen molar-refractivity contribution >= 4 is 5.84 Å². The molecular formula is C9H8FN2O2. The summed E-state index contributed by atoms with van der Waals surface area (Å²) in [5.41, 5.74) is 0.326. The van der Waals surface area contributed by atoms with Crippen molar-refractivity contribution in [1.82, 2.24) is 5.06 Å². The lowest BCUT2D eigenvalue weighted by Gasteiger charge is -2.05. The number of hydroxylamine groups is 3. The molecule has 0 amide bonds. The summed E-state index contributed by atoms with van der Waals surface area (Å²) in [7, 11) is 0. The Morgan fingerprint density at radius 1 is 1.50 bits per heavy atom. The maximum atomic E-state index is 12.8. The summed E-state index contributed by atoms with van der Waals surface area (Å²) in [6.07, 6.45) is 0. The third-order valence-corrected chi connectivity index (χ3v) is 2.06. The van der Waals surface area contributed by atoms with E-state index in [2.05, 4.69) is 0 Å². The molecule has 0 saturated heterocycles. The molecule has 4 nitrogen and oxygen atoms in total. The zero-order valence-corrected chi connectivity index (χ0v) is 7.31. The smallest absolute Gasteiger partial charge is 0.315 e. The van der Waals surface area contributed by atoms with Gasteiger partial charge in [-0.2, -0.15) is 0 Å². The fraction of sp³-hybridized carbons (Fsp3) is 0.222. The van der Waals surface area contributed by atoms with Gasteiger partial charge in [-0.25, -0.2) is 4.39 Å². The minimum absolute atomic E-state index is 0.00972. The van der Waals surface area contributed by atoms with Crippen molar-refractivity contribution in [3.8, 4) is 0 Å². The summed E-state index contributed by atoms with van der Waals surface area (Å²) in [4.78, 5) is 0. The highest BCUT2D eigenvalue weighted by Gasteiger charge is 2.29. The van der Waals surface area contributed by atoms with Crippen molar-refractivity contribution in [2.75, 3.05) is 13.1 Å². The van der Waals surface area contributed by atoms with E-state index in [0.29, 0.717) is 15.4 Å². The topological polar surface area (TPSA) is 49.2 Å². The quantitative estimate of drug-likeness (QED) is 0.490. The van der Waals surface area contributed by atoms with Gasteiger partial charge in [0.2, 0.25) is 0 Å². The zero-order valence-electron chi connectivity index (χ0n) is 7.31. The van der Waals surface area contributed by atoms with E-state index in [1.165, 1.54) is 18.2 Å². The summed E-state index contributed by atoms with van der Waals surface area (Å²) < 4.78 is 13.4. The molecule has 5 heteroatoms. The molecule has 1 aliphatic heterocycles. The Balaban J connectivity index is 2.44. The van der Waals surface area contributed by atoms with Gasteiger partial charge in [-0.05, 0) is 18.2 Å². The van der Waals surface area contributed by atoms with Crippen LogP contribution in [-0.2, 0) is 5.21 Å². The van der Waals surface area contributed by atoms with Crippen LogP contribution in [0.25, 0.3) is 0 Å². The molecule has 1 aromatic rings. The van der Waals surface area contributed by atoms with E-state index in [-0.39, 0.29) is 18.9 Å². The average molecular weight is 195 g/mol. The zero-order chi connectivity index (χ0) is 10.1.